The van der Waals surface area contributed by atoms with E-state index in [1.165, 1.54) is 43.9 Å². The topological polar surface area (TPSA) is 32.3 Å². The van der Waals surface area contributed by atoms with Gasteiger partial charge >= 0.3 is 0 Å². The van der Waals surface area contributed by atoms with Gasteiger partial charge in [0.05, 0.1) is 5.56 Å². The van der Waals surface area contributed by atoms with Crippen LogP contribution >= 0.6 is 27.7 Å². The van der Waals surface area contributed by atoms with Crippen LogP contribution in [0.2, 0.25) is 0 Å². The van der Waals surface area contributed by atoms with Crippen molar-refractivity contribution in [2.24, 2.45) is 5.92 Å². The third-order valence-corrected chi connectivity index (χ3v) is 6.58. The van der Waals surface area contributed by atoms with Crippen molar-refractivity contribution in [1.82, 2.24) is 10.2 Å². The van der Waals surface area contributed by atoms with Crippen molar-refractivity contribution >= 4 is 33.6 Å². The third-order valence-electron chi connectivity index (χ3n) is 4.74. The van der Waals surface area contributed by atoms with Crippen LogP contribution in [0.25, 0.3) is 0 Å². The van der Waals surface area contributed by atoms with E-state index in [-0.39, 0.29) is 5.91 Å². The Morgan fingerprint density at radius 1 is 1.27 bits per heavy atom. The van der Waals surface area contributed by atoms with Gasteiger partial charge in [-0.1, -0.05) is 12.1 Å². The molecule has 2 saturated heterocycles. The zero-order chi connectivity index (χ0) is 15.4. The lowest BCUT2D eigenvalue weighted by atomic mass is 9.95. The summed E-state index contributed by atoms with van der Waals surface area (Å²) >= 11 is 5.53. The minimum atomic E-state index is 0.0297. The molecule has 1 amide bonds. The molecule has 2 fully saturated rings. The van der Waals surface area contributed by atoms with Gasteiger partial charge in [-0.25, -0.2) is 0 Å². The van der Waals surface area contributed by atoms with Crippen LogP contribution in [-0.2, 0) is 0 Å². The zero-order valence-corrected chi connectivity index (χ0v) is 15.2. The molecule has 1 unspecified atom stereocenters. The molecule has 0 spiro atoms. The molecule has 1 aromatic carbocycles. The first-order chi connectivity index (χ1) is 10.7. The van der Waals surface area contributed by atoms with Gasteiger partial charge in [-0.2, -0.15) is 11.8 Å². The van der Waals surface area contributed by atoms with Crippen molar-refractivity contribution in [3.05, 3.63) is 34.3 Å². The molecule has 1 atom stereocenters. The molecule has 3 rings (SSSR count). The molecule has 0 aliphatic carbocycles. The van der Waals surface area contributed by atoms with Gasteiger partial charge < -0.3 is 5.32 Å². The zero-order valence-electron chi connectivity index (χ0n) is 12.8. The number of piperidine rings is 1. The van der Waals surface area contributed by atoms with Gasteiger partial charge in [0.15, 0.2) is 0 Å². The molecule has 120 valence electrons. The first kappa shape index (κ1) is 16.3. The van der Waals surface area contributed by atoms with Crippen molar-refractivity contribution in [2.75, 3.05) is 31.1 Å². The number of nitrogens with one attached hydrogen (secondary N) is 1. The lowest BCUT2D eigenvalue weighted by Crippen LogP contribution is -2.43. The van der Waals surface area contributed by atoms with Crippen LogP contribution in [0.4, 0.5) is 0 Å². The highest BCUT2D eigenvalue weighted by Crippen LogP contribution is 2.26. The van der Waals surface area contributed by atoms with E-state index in [1.54, 1.807) is 0 Å². The van der Waals surface area contributed by atoms with Crippen LogP contribution in [0, 0.1) is 5.92 Å². The fraction of sp³-hybridized carbons (Fsp3) is 0.588. The molecule has 2 aliphatic rings. The van der Waals surface area contributed by atoms with E-state index in [2.05, 4.69) is 37.9 Å². The maximum atomic E-state index is 12.2. The highest BCUT2D eigenvalue weighted by Gasteiger charge is 2.27. The number of nitrogens with zero attached hydrogens (tertiary/aromatic N) is 1. The number of likely N-dealkylation sites (tertiary alicyclic amines) is 1. The minimum Gasteiger partial charge on any atom is -0.352 e. The van der Waals surface area contributed by atoms with E-state index >= 15 is 0 Å². The van der Waals surface area contributed by atoms with Gasteiger partial charge in [-0.05, 0) is 72.1 Å². The molecule has 1 aromatic rings. The van der Waals surface area contributed by atoms with Crippen LogP contribution in [0.1, 0.15) is 29.6 Å². The second-order valence-electron chi connectivity index (χ2n) is 6.19. The first-order valence-electron chi connectivity index (χ1n) is 8.08. The van der Waals surface area contributed by atoms with Crippen molar-refractivity contribution in [2.45, 2.75) is 25.3 Å². The van der Waals surface area contributed by atoms with Crippen molar-refractivity contribution in [1.29, 1.82) is 0 Å². The number of benzene rings is 1. The number of amides is 1. The molecule has 0 radical (unpaired) electrons. The van der Waals surface area contributed by atoms with Crippen LogP contribution in [0.5, 0.6) is 0 Å². The molecule has 0 bridgehead atoms. The van der Waals surface area contributed by atoms with Gasteiger partial charge in [0.25, 0.3) is 5.91 Å². The van der Waals surface area contributed by atoms with Crippen LogP contribution in [-0.4, -0.2) is 48.0 Å². The van der Waals surface area contributed by atoms with Gasteiger partial charge in [0.1, 0.15) is 0 Å². The Morgan fingerprint density at radius 2 is 2.05 bits per heavy atom. The second-order valence-corrected chi connectivity index (χ2v) is 8.19. The largest absolute Gasteiger partial charge is 0.352 e. The summed E-state index contributed by atoms with van der Waals surface area (Å²) in [6, 6.07) is 8.41. The Kier molecular flexibility index (Phi) is 5.83. The molecule has 5 heteroatoms. The average Bonchev–Trinajstić information content (AvgIpc) is 3.08. The van der Waals surface area contributed by atoms with Gasteiger partial charge in [0, 0.05) is 22.8 Å². The van der Waals surface area contributed by atoms with Crippen LogP contribution in [0.15, 0.2) is 28.7 Å². The Morgan fingerprint density at radius 3 is 2.73 bits per heavy atom. The fourth-order valence-electron chi connectivity index (χ4n) is 3.31. The normalized spacial score (nSPS) is 23.6. The smallest absolute Gasteiger partial charge is 0.252 e. The molecule has 2 heterocycles. The van der Waals surface area contributed by atoms with Crippen molar-refractivity contribution in [3.8, 4) is 0 Å². The van der Waals surface area contributed by atoms with Gasteiger partial charge in [-0.15, -0.1) is 0 Å². The summed E-state index contributed by atoms with van der Waals surface area (Å²) in [4.78, 5) is 14.9. The Bertz CT molecular complexity index is 511. The summed E-state index contributed by atoms with van der Waals surface area (Å²) in [5.41, 5.74) is 0.725. The summed E-state index contributed by atoms with van der Waals surface area (Å²) in [7, 11) is 0. The van der Waals surface area contributed by atoms with Crippen molar-refractivity contribution in [3.63, 3.8) is 0 Å². The van der Waals surface area contributed by atoms with E-state index in [9.17, 15) is 4.79 Å². The SMILES string of the molecule is O=C(NCC1CCN(C2CCSC2)CC1)c1ccccc1Br. The summed E-state index contributed by atoms with van der Waals surface area (Å²) < 4.78 is 0.862. The Labute approximate surface area is 145 Å². The fourth-order valence-corrected chi connectivity index (χ4v) is 5.03. The molecule has 3 nitrogen and oxygen atoms in total. The number of hydrogen-bond donors (Lipinski definition) is 1. The predicted molar refractivity (Wildman–Crippen MR) is 96.5 cm³/mol. The number of rotatable bonds is 4. The third kappa shape index (κ3) is 4.06. The first-order valence-corrected chi connectivity index (χ1v) is 10.0. The number of carbonyl (C=O) groups is 1. The van der Waals surface area contributed by atoms with E-state index in [1.807, 2.05) is 24.3 Å². The van der Waals surface area contributed by atoms with E-state index in [0.717, 1.165) is 22.6 Å². The highest BCUT2D eigenvalue weighted by atomic mass is 79.9. The van der Waals surface area contributed by atoms with E-state index in [4.69, 9.17) is 0 Å². The molecule has 2 aliphatic heterocycles. The molecule has 22 heavy (non-hydrogen) atoms. The summed E-state index contributed by atoms with van der Waals surface area (Å²) in [6.07, 6.45) is 3.77. The monoisotopic (exact) mass is 382 g/mol. The molecule has 1 N–H and O–H groups in total. The maximum Gasteiger partial charge on any atom is 0.252 e. The minimum absolute atomic E-state index is 0.0297. The number of halogens is 1. The molecule has 0 aromatic heterocycles. The molecular formula is C17H23BrN2OS. The van der Waals surface area contributed by atoms with Crippen molar-refractivity contribution < 1.29 is 4.79 Å². The lowest BCUT2D eigenvalue weighted by Gasteiger charge is -2.35. The van der Waals surface area contributed by atoms with E-state index in [0.29, 0.717) is 5.92 Å². The summed E-state index contributed by atoms with van der Waals surface area (Å²) in [6.45, 7) is 3.19. The average molecular weight is 383 g/mol. The quantitative estimate of drug-likeness (QED) is 0.865. The predicted octanol–water partition coefficient (Wildman–Crippen LogP) is 3.40. The molecular weight excluding hydrogens is 360 g/mol. The highest BCUT2D eigenvalue weighted by molar-refractivity contribution is 9.10. The summed E-state index contributed by atoms with van der Waals surface area (Å²) in [5.74, 6) is 3.29. The standard InChI is InChI=1S/C17H23BrN2OS/c18-16-4-2-1-3-15(16)17(21)19-11-13-5-8-20(9-6-13)14-7-10-22-12-14/h1-4,13-14H,5-12H2,(H,19,21). The Balaban J connectivity index is 1.43. The lowest BCUT2D eigenvalue weighted by molar-refractivity contribution is 0.0927. The number of carbonyl (C=O) groups excluding carboxylic acids is 1. The Hall–Kier alpha value is -0.520. The second kappa shape index (κ2) is 7.84. The van der Waals surface area contributed by atoms with Crippen LogP contribution < -0.4 is 5.32 Å². The maximum absolute atomic E-state index is 12.2. The number of hydrogen-bond acceptors (Lipinski definition) is 3. The molecule has 0 saturated carbocycles. The van der Waals surface area contributed by atoms with E-state index < -0.39 is 0 Å². The van der Waals surface area contributed by atoms with Gasteiger partial charge in [-0.3, -0.25) is 9.69 Å². The number of thioether (sulfide) groups is 1. The van der Waals surface area contributed by atoms with Crippen LogP contribution in [0.3, 0.4) is 0 Å². The van der Waals surface area contributed by atoms with Gasteiger partial charge in [0.2, 0.25) is 0 Å². The summed E-state index contributed by atoms with van der Waals surface area (Å²) in [5, 5.41) is 3.10.